The van der Waals surface area contributed by atoms with Gasteiger partial charge in [0.2, 0.25) is 10.0 Å². The van der Waals surface area contributed by atoms with Gasteiger partial charge in [-0.05, 0) is 5.56 Å². The summed E-state index contributed by atoms with van der Waals surface area (Å²) in [7, 11) is -3.65. The smallest absolute Gasteiger partial charge is 0.549 e. The number of aliphatic hydroxyl groups is 1. The van der Waals surface area contributed by atoms with Crippen molar-refractivity contribution >= 4 is 27.9 Å². The quantitative estimate of drug-likeness (QED) is 0.202. The zero-order valence-electron chi connectivity index (χ0n) is 23.1. The average molecular weight is 742 g/mol. The van der Waals surface area contributed by atoms with E-state index >= 15 is 0 Å². The largest absolute Gasteiger partial charge is 3.00 e. The molecule has 1 unspecified atom stereocenters. The maximum absolute atomic E-state index is 12.4. The normalized spacial score (nSPS) is 18.1. The van der Waals surface area contributed by atoms with Crippen LogP contribution >= 0.6 is 0 Å². The van der Waals surface area contributed by atoms with Crippen LogP contribution in [0.5, 0.6) is 0 Å². The number of rotatable bonds is 13. The number of carboxylic acids is 3. The fourth-order valence-corrected chi connectivity index (χ4v) is 5.30. The fourth-order valence-electron chi connectivity index (χ4n) is 4.48. The van der Waals surface area contributed by atoms with Gasteiger partial charge in [0.25, 0.3) is 0 Å². The summed E-state index contributed by atoms with van der Waals surface area (Å²) in [6.45, 7) is 0.643. The Balaban J connectivity index is 0.00000840. The number of carboxylic acid groups (broad SMARTS) is 3. The number of hydrogen-bond acceptors (Lipinski definition) is 13. The minimum absolute atomic E-state index is 0. The van der Waals surface area contributed by atoms with Crippen molar-refractivity contribution in [3.8, 4) is 0 Å². The van der Waals surface area contributed by atoms with Gasteiger partial charge in [-0.25, -0.2) is 8.42 Å². The zero-order valence-corrected chi connectivity index (χ0v) is 26.2. The van der Waals surface area contributed by atoms with Crippen molar-refractivity contribution in [3.05, 3.63) is 35.9 Å². The van der Waals surface area contributed by atoms with Gasteiger partial charge >= 0.3 is 39.9 Å². The Kier molecular flexibility index (Phi) is 17.5. The van der Waals surface area contributed by atoms with Gasteiger partial charge in [-0.1, -0.05) is 30.3 Å². The Morgan fingerprint density at radius 3 is 1.49 bits per heavy atom. The van der Waals surface area contributed by atoms with Crippen LogP contribution in [0.4, 0.5) is 0 Å². The SMILES string of the molecule is CS(=O)(=O)N(Cc1ccccc1)CC(O)CN1CCN(CC(=O)[O-])CCN(CC(=O)[O-])CCN(CC(=O)[O-])CC1.[Gd+3]. The van der Waals surface area contributed by atoms with Crippen LogP contribution in [-0.2, 0) is 31.0 Å². The monoisotopic (exact) mass is 742 g/mol. The van der Waals surface area contributed by atoms with Crippen molar-refractivity contribution in [2.45, 2.75) is 12.6 Å². The molecule has 0 amide bonds. The third-order valence-electron chi connectivity index (χ3n) is 6.54. The van der Waals surface area contributed by atoms with E-state index in [1.54, 1.807) is 39.0 Å². The molecular weight excluding hydrogens is 704 g/mol. The van der Waals surface area contributed by atoms with E-state index in [0.29, 0.717) is 0 Å². The molecule has 1 atom stereocenters. The van der Waals surface area contributed by atoms with Gasteiger partial charge in [-0.2, -0.15) is 4.31 Å². The molecule has 1 aliphatic rings. The number of nitrogens with zero attached hydrogens (tertiary/aromatic N) is 5. The molecule has 0 aliphatic carbocycles. The van der Waals surface area contributed by atoms with Gasteiger partial charge in [-0.3, -0.25) is 19.6 Å². The summed E-state index contributed by atoms with van der Waals surface area (Å²) in [5, 5.41) is 44.7. The first-order valence-electron chi connectivity index (χ1n) is 13.0. The van der Waals surface area contributed by atoms with Crippen LogP contribution in [0, 0.1) is 39.9 Å². The molecule has 1 aliphatic heterocycles. The average Bonchev–Trinajstić information content (AvgIpc) is 2.84. The van der Waals surface area contributed by atoms with E-state index in [1.165, 1.54) is 4.31 Å². The van der Waals surface area contributed by atoms with Crippen molar-refractivity contribution < 1.29 is 83.2 Å². The molecule has 2 rings (SSSR count). The summed E-state index contributed by atoms with van der Waals surface area (Å²) >= 11 is 0. The van der Waals surface area contributed by atoms with Crippen LogP contribution in [-0.4, -0.2) is 153 Å². The molecule has 0 saturated carbocycles. The molecule has 0 bridgehead atoms. The summed E-state index contributed by atoms with van der Waals surface area (Å²) in [5.41, 5.74) is 0.759. The number of sulfonamides is 1. The molecule has 1 aromatic carbocycles. The Labute approximate surface area is 273 Å². The Morgan fingerprint density at radius 1 is 0.780 bits per heavy atom. The minimum Gasteiger partial charge on any atom is -0.549 e. The van der Waals surface area contributed by atoms with Crippen LogP contribution in [0.2, 0.25) is 0 Å². The second kappa shape index (κ2) is 19.0. The topological polar surface area (TPSA) is 191 Å². The Bertz CT molecular complexity index is 1030. The van der Waals surface area contributed by atoms with Gasteiger partial charge in [0.1, 0.15) is 0 Å². The molecule has 41 heavy (non-hydrogen) atoms. The van der Waals surface area contributed by atoms with E-state index in [0.717, 1.165) is 11.8 Å². The Morgan fingerprint density at radius 2 is 1.15 bits per heavy atom. The molecule has 1 aromatic rings. The van der Waals surface area contributed by atoms with E-state index in [2.05, 4.69) is 0 Å². The summed E-state index contributed by atoms with van der Waals surface area (Å²) in [6.07, 6.45) is -0.0211. The number of β-amino-alcohol motifs (C(OH)–C–C–N with tert-alkyl or cyclic N) is 1. The van der Waals surface area contributed by atoms with E-state index in [1.807, 2.05) is 11.0 Å². The van der Waals surface area contributed by atoms with Crippen LogP contribution < -0.4 is 15.3 Å². The fraction of sp³-hybridized carbons (Fsp3) is 0.640. The molecule has 1 fully saturated rings. The molecule has 231 valence electrons. The number of benzene rings is 1. The number of aliphatic carboxylic acids is 3. The van der Waals surface area contributed by atoms with Crippen LogP contribution in [0.15, 0.2) is 30.3 Å². The van der Waals surface area contributed by atoms with Gasteiger partial charge < -0.3 is 34.8 Å². The van der Waals surface area contributed by atoms with Crippen molar-refractivity contribution in [2.24, 2.45) is 0 Å². The molecule has 1 saturated heterocycles. The van der Waals surface area contributed by atoms with E-state index < -0.39 is 40.6 Å². The van der Waals surface area contributed by atoms with Crippen molar-refractivity contribution in [1.82, 2.24) is 23.9 Å². The number of hydrogen-bond donors (Lipinski definition) is 1. The van der Waals surface area contributed by atoms with E-state index in [-0.39, 0.29) is 125 Å². The van der Waals surface area contributed by atoms with Crippen molar-refractivity contribution in [1.29, 1.82) is 0 Å². The Hall–Kier alpha value is -1.34. The van der Waals surface area contributed by atoms with Crippen LogP contribution in [0.1, 0.15) is 5.56 Å². The maximum Gasteiger partial charge on any atom is 3.00 e. The van der Waals surface area contributed by atoms with Crippen LogP contribution in [0.3, 0.4) is 0 Å². The molecule has 0 aromatic heterocycles. The first kappa shape index (κ1) is 37.7. The summed E-state index contributed by atoms with van der Waals surface area (Å²) in [5.74, 6) is -3.90. The van der Waals surface area contributed by atoms with Crippen LogP contribution in [0.25, 0.3) is 0 Å². The predicted octanol–water partition coefficient (Wildman–Crippen LogP) is -5.72. The van der Waals surface area contributed by atoms with Crippen molar-refractivity contribution in [2.75, 3.05) is 91.3 Å². The standard InChI is InChI=1S/C25H41N5O9S.Gd/c1-40(38,39)30(15-21-5-3-2-4-6-21)17-22(31)16-26-7-9-27(18-23(32)33)11-13-29(20-25(36)37)14-12-28(10-8-26)19-24(34)35;/h2-6,22,31H,7-20H2,1H3,(H,32,33)(H,34,35)(H,36,37);/q;+3/p-3. The molecule has 14 nitrogen and oxygen atoms in total. The van der Waals surface area contributed by atoms with Gasteiger partial charge in [0.05, 0.1) is 30.3 Å². The molecular formula is C25H38GdN5O9S. The summed E-state index contributed by atoms with van der Waals surface area (Å²) in [6, 6.07) is 8.96. The second-order valence-electron chi connectivity index (χ2n) is 9.94. The van der Waals surface area contributed by atoms with Gasteiger partial charge in [0.15, 0.2) is 0 Å². The third kappa shape index (κ3) is 16.2. The van der Waals surface area contributed by atoms with Gasteiger partial charge in [0, 0.05) is 91.6 Å². The third-order valence-corrected chi connectivity index (χ3v) is 7.76. The second-order valence-corrected chi connectivity index (χ2v) is 11.9. The van der Waals surface area contributed by atoms with E-state index in [4.69, 9.17) is 0 Å². The van der Waals surface area contributed by atoms with E-state index in [9.17, 15) is 43.2 Å². The molecule has 1 heterocycles. The molecule has 1 radical (unpaired) electrons. The first-order chi connectivity index (χ1) is 18.8. The number of carbonyl (C=O) groups excluding carboxylic acids is 3. The molecule has 1 N–H and O–H groups in total. The summed E-state index contributed by atoms with van der Waals surface area (Å²) in [4.78, 5) is 40.4. The summed E-state index contributed by atoms with van der Waals surface area (Å²) < 4.78 is 26.0. The number of aliphatic hydroxyl groups excluding tert-OH is 1. The zero-order chi connectivity index (χ0) is 29.7. The predicted molar refractivity (Wildman–Crippen MR) is 138 cm³/mol. The molecule has 16 heteroatoms. The number of carbonyl (C=O) groups is 3. The first-order valence-corrected chi connectivity index (χ1v) is 14.8. The van der Waals surface area contributed by atoms with Crippen molar-refractivity contribution in [3.63, 3.8) is 0 Å². The van der Waals surface area contributed by atoms with Gasteiger partial charge in [-0.15, -0.1) is 0 Å². The minimum atomic E-state index is -3.65. The maximum atomic E-state index is 12.4. The molecule has 0 spiro atoms.